The minimum absolute atomic E-state index is 0.153. The van der Waals surface area contributed by atoms with Crippen molar-refractivity contribution in [2.75, 3.05) is 0 Å². The Morgan fingerprint density at radius 3 is 2.27 bits per heavy atom. The Bertz CT molecular complexity index is 154. The lowest BCUT2D eigenvalue weighted by atomic mass is 10.00. The van der Waals surface area contributed by atoms with E-state index in [9.17, 15) is 4.79 Å². The Morgan fingerprint density at radius 1 is 1.45 bits per heavy atom. The van der Waals surface area contributed by atoms with Gasteiger partial charge in [0, 0.05) is 6.42 Å². The Labute approximate surface area is 79.0 Å². The molecule has 0 bridgehead atoms. The van der Waals surface area contributed by atoms with E-state index in [4.69, 9.17) is 24.8 Å². The molecule has 0 saturated heterocycles. The second kappa shape index (κ2) is 5.61. The van der Waals surface area contributed by atoms with Gasteiger partial charge in [-0.05, 0) is 12.8 Å². The molecule has 0 N–H and O–H groups in total. The van der Waals surface area contributed by atoms with Gasteiger partial charge in [0.2, 0.25) is 0 Å². The van der Waals surface area contributed by atoms with Crippen LogP contribution in [-0.4, -0.2) is 9.98 Å². The lowest BCUT2D eigenvalue weighted by Crippen LogP contribution is -2.18. The second-order valence-corrected chi connectivity index (χ2v) is 3.63. The zero-order valence-corrected chi connectivity index (χ0v) is 8.56. The third-order valence-corrected chi connectivity index (χ3v) is 2.15. The molecule has 0 aromatic rings. The molecule has 0 aromatic carbocycles. The van der Waals surface area contributed by atoms with Crippen LogP contribution in [0, 0.1) is 5.92 Å². The lowest BCUT2D eigenvalue weighted by molar-refractivity contribution is -0.120. The maximum atomic E-state index is 11.3. The van der Waals surface area contributed by atoms with E-state index >= 15 is 0 Å². The number of hydrogen-bond donors (Lipinski definition) is 0. The molecule has 0 amide bonds. The molecule has 0 aliphatic heterocycles. The topological polar surface area (TPSA) is 17.1 Å². The molecular weight excluding hydrogens is 176 g/mol. The van der Waals surface area contributed by atoms with Crippen LogP contribution in [-0.2, 0) is 4.79 Å². The van der Waals surface area contributed by atoms with Crippen LogP contribution in [0.2, 0.25) is 0 Å². The van der Waals surface area contributed by atoms with Crippen molar-refractivity contribution in [1.29, 1.82) is 0 Å². The van der Waals surface area contributed by atoms with Gasteiger partial charge in [0.25, 0.3) is 0 Å². The van der Waals surface area contributed by atoms with Crippen molar-refractivity contribution in [3.05, 3.63) is 0 Å². The Kier molecular flexibility index (Phi) is 5.60. The summed E-state index contributed by atoms with van der Waals surface area (Å²) in [4.78, 5) is 11.3. The average molecular weight is 189 g/mol. The van der Waals surface area contributed by atoms with Crippen molar-refractivity contribution >= 4 is 34.8 Å². The normalized spacial score (nSPS) is 12.5. The summed E-state index contributed by atoms with van der Waals surface area (Å²) in [7, 11) is 0. The van der Waals surface area contributed by atoms with Crippen LogP contribution >= 0.6 is 24.8 Å². The van der Waals surface area contributed by atoms with Gasteiger partial charge in [0.1, 0.15) is 5.78 Å². The Morgan fingerprint density at radius 2 is 2.00 bits per heavy atom. The van der Waals surface area contributed by atoms with Gasteiger partial charge in [0.05, 0.1) is 10.1 Å². The van der Waals surface area contributed by atoms with Gasteiger partial charge in [-0.2, -0.15) is 0 Å². The molecule has 0 aromatic heterocycles. The molecule has 1 atom stereocenters. The van der Waals surface area contributed by atoms with Crippen LogP contribution in [0.1, 0.15) is 33.1 Å². The molecule has 0 aliphatic carbocycles. The minimum Gasteiger partial charge on any atom is -0.299 e. The summed E-state index contributed by atoms with van der Waals surface area (Å²) in [5.41, 5.74) is 0. The fourth-order valence-corrected chi connectivity index (χ4v) is 1.54. The fourth-order valence-electron chi connectivity index (χ4n) is 0.946. The van der Waals surface area contributed by atoms with Crippen LogP contribution in [0.15, 0.2) is 0 Å². The average Bonchev–Trinajstić information content (AvgIpc) is 1.88. The third-order valence-electron chi connectivity index (χ3n) is 1.58. The zero-order valence-electron chi connectivity index (χ0n) is 6.92. The minimum atomic E-state index is -0.153. The number of hydrogen-bond acceptors (Lipinski definition) is 2. The van der Waals surface area contributed by atoms with Crippen LogP contribution in [0.3, 0.4) is 0 Å². The zero-order chi connectivity index (χ0) is 8.85. The van der Waals surface area contributed by atoms with Gasteiger partial charge in [-0.15, -0.1) is 0 Å². The highest BCUT2D eigenvalue weighted by atomic mass is 32.1. The molecular formula is C8H13OS2. The number of ketones is 1. The predicted molar refractivity (Wildman–Crippen MR) is 53.9 cm³/mol. The van der Waals surface area contributed by atoms with E-state index in [0.717, 1.165) is 12.8 Å². The summed E-state index contributed by atoms with van der Waals surface area (Å²) in [5, 5.41) is 0. The summed E-state index contributed by atoms with van der Waals surface area (Å²) < 4.78 is 0.422. The van der Waals surface area contributed by atoms with Gasteiger partial charge in [-0.3, -0.25) is 4.79 Å². The van der Waals surface area contributed by atoms with Crippen LogP contribution in [0.4, 0.5) is 0 Å². The SMILES string of the molecule is CCCC(=O)C(CC)C([S])=S. The number of carbonyl (C=O) groups excluding carboxylic acids is 1. The van der Waals surface area contributed by atoms with Gasteiger partial charge in [0.15, 0.2) is 0 Å². The first-order valence-corrected chi connectivity index (χ1v) is 4.68. The highest BCUT2D eigenvalue weighted by Gasteiger charge is 2.18. The van der Waals surface area contributed by atoms with Crippen molar-refractivity contribution in [1.82, 2.24) is 0 Å². The number of rotatable bonds is 5. The molecule has 0 aliphatic rings. The van der Waals surface area contributed by atoms with Crippen LogP contribution in [0.25, 0.3) is 0 Å². The van der Waals surface area contributed by atoms with Crippen molar-refractivity contribution in [3.63, 3.8) is 0 Å². The van der Waals surface area contributed by atoms with Crippen LogP contribution in [0.5, 0.6) is 0 Å². The standard InChI is InChI=1S/C8H13OS2/c1-3-5-7(9)6(4-2)8(10)11/h6H,3-5H2,1-2H3. The highest BCUT2D eigenvalue weighted by molar-refractivity contribution is 8.11. The Hall–Kier alpha value is -0.0200. The third kappa shape index (κ3) is 3.77. The monoisotopic (exact) mass is 189 g/mol. The summed E-state index contributed by atoms with van der Waals surface area (Å²) in [6, 6.07) is 0. The highest BCUT2D eigenvalue weighted by Crippen LogP contribution is 2.12. The van der Waals surface area contributed by atoms with E-state index < -0.39 is 0 Å². The van der Waals surface area contributed by atoms with Crippen molar-refractivity contribution in [2.24, 2.45) is 5.92 Å². The molecule has 63 valence electrons. The fraction of sp³-hybridized carbons (Fsp3) is 0.750. The molecule has 0 fully saturated rings. The first-order valence-electron chi connectivity index (χ1n) is 3.87. The summed E-state index contributed by atoms with van der Waals surface area (Å²) >= 11 is 9.60. The van der Waals surface area contributed by atoms with Gasteiger partial charge in [-0.25, -0.2) is 0 Å². The van der Waals surface area contributed by atoms with E-state index in [1.54, 1.807) is 0 Å². The van der Waals surface area contributed by atoms with E-state index in [1.165, 1.54) is 0 Å². The maximum Gasteiger partial charge on any atom is 0.142 e. The van der Waals surface area contributed by atoms with Gasteiger partial charge >= 0.3 is 0 Å². The van der Waals surface area contributed by atoms with Gasteiger partial charge in [-0.1, -0.05) is 38.7 Å². The van der Waals surface area contributed by atoms with Crippen LogP contribution < -0.4 is 0 Å². The first kappa shape index (κ1) is 11.0. The predicted octanol–water partition coefficient (Wildman–Crippen LogP) is 2.91. The molecule has 1 unspecified atom stereocenters. The molecule has 3 heteroatoms. The number of Topliss-reactive ketones (excluding diaryl/α,β-unsaturated/α-hetero) is 1. The first-order chi connectivity index (χ1) is 5.13. The smallest absolute Gasteiger partial charge is 0.142 e. The molecule has 0 rings (SSSR count). The number of thiocarbonyl (C=S) groups is 1. The quantitative estimate of drug-likeness (QED) is 0.619. The number of carbonyl (C=O) groups is 1. The van der Waals surface area contributed by atoms with E-state index in [0.29, 0.717) is 10.6 Å². The van der Waals surface area contributed by atoms with E-state index in [2.05, 4.69) is 0 Å². The molecule has 0 spiro atoms. The summed E-state index contributed by atoms with van der Waals surface area (Å²) in [5.74, 6) is 0.0509. The Balaban J connectivity index is 4.03. The second-order valence-electron chi connectivity index (χ2n) is 2.50. The maximum absolute atomic E-state index is 11.3. The molecule has 11 heavy (non-hydrogen) atoms. The van der Waals surface area contributed by atoms with E-state index in [1.807, 2.05) is 13.8 Å². The van der Waals surface area contributed by atoms with Crippen molar-refractivity contribution < 1.29 is 4.79 Å². The summed E-state index contributed by atoms with van der Waals surface area (Å²) in [6.07, 6.45) is 2.24. The molecule has 0 saturated carbocycles. The molecule has 1 nitrogen and oxygen atoms in total. The van der Waals surface area contributed by atoms with Crippen molar-refractivity contribution in [3.8, 4) is 0 Å². The van der Waals surface area contributed by atoms with Crippen molar-refractivity contribution in [2.45, 2.75) is 33.1 Å². The summed E-state index contributed by atoms with van der Waals surface area (Å²) in [6.45, 7) is 3.92. The largest absolute Gasteiger partial charge is 0.299 e. The van der Waals surface area contributed by atoms with E-state index in [-0.39, 0.29) is 11.7 Å². The molecule has 1 radical (unpaired) electrons. The molecule has 0 heterocycles. The van der Waals surface area contributed by atoms with Gasteiger partial charge < -0.3 is 0 Å². The lowest BCUT2D eigenvalue weighted by Gasteiger charge is -2.08.